The summed E-state index contributed by atoms with van der Waals surface area (Å²) in [5, 5.41) is 6.26. The summed E-state index contributed by atoms with van der Waals surface area (Å²) in [6, 6.07) is 1.95. The molecule has 0 aliphatic rings. The Labute approximate surface area is 126 Å². The minimum Gasteiger partial charge on any atom is -0.469 e. The Balaban J connectivity index is 1.80. The Morgan fingerprint density at radius 1 is 1.48 bits per heavy atom. The summed E-state index contributed by atoms with van der Waals surface area (Å²) in [7, 11) is 3.32. The smallest absolute Gasteiger partial charge is 0.305 e. The van der Waals surface area contributed by atoms with Crippen LogP contribution in [0, 0.1) is 0 Å². The highest BCUT2D eigenvalue weighted by atomic mass is 32.1. The fraction of sp³-hybridized carbons (Fsp3) is 0.357. The molecule has 3 aromatic rings. The second-order valence-electron chi connectivity index (χ2n) is 4.78. The number of carbonyl (C=O) groups excluding carboxylic acids is 1. The van der Waals surface area contributed by atoms with E-state index in [1.807, 2.05) is 24.0 Å². The van der Waals surface area contributed by atoms with Crippen LogP contribution in [0.25, 0.3) is 16.3 Å². The molecule has 0 amide bonds. The second kappa shape index (κ2) is 5.69. The monoisotopic (exact) mass is 304 g/mol. The lowest BCUT2D eigenvalue weighted by Gasteiger charge is -1.99. The van der Waals surface area contributed by atoms with Crippen molar-refractivity contribution < 1.29 is 9.53 Å². The fourth-order valence-electron chi connectivity index (χ4n) is 2.27. The minimum absolute atomic E-state index is 0.164. The van der Waals surface area contributed by atoms with Gasteiger partial charge in [0.2, 0.25) is 0 Å². The number of aryl methyl sites for hydroxylation is 2. The third-order valence-corrected chi connectivity index (χ3v) is 4.30. The van der Waals surface area contributed by atoms with Gasteiger partial charge in [0.05, 0.1) is 12.8 Å². The van der Waals surface area contributed by atoms with Crippen molar-refractivity contribution in [1.29, 1.82) is 0 Å². The van der Waals surface area contributed by atoms with Gasteiger partial charge in [-0.25, -0.2) is 4.98 Å². The van der Waals surface area contributed by atoms with Crippen molar-refractivity contribution in [2.24, 2.45) is 7.05 Å². The van der Waals surface area contributed by atoms with E-state index < -0.39 is 0 Å². The van der Waals surface area contributed by atoms with Crippen LogP contribution in [0.2, 0.25) is 0 Å². The molecular weight excluding hydrogens is 288 g/mol. The quantitative estimate of drug-likeness (QED) is 0.679. The van der Waals surface area contributed by atoms with Gasteiger partial charge in [-0.1, -0.05) is 0 Å². The summed E-state index contributed by atoms with van der Waals surface area (Å²) in [5.41, 5.74) is 3.07. The molecule has 0 radical (unpaired) electrons. The molecule has 0 spiro atoms. The molecule has 0 aliphatic carbocycles. The van der Waals surface area contributed by atoms with Gasteiger partial charge < -0.3 is 4.74 Å². The zero-order chi connectivity index (χ0) is 14.8. The van der Waals surface area contributed by atoms with Crippen molar-refractivity contribution in [1.82, 2.24) is 19.2 Å². The van der Waals surface area contributed by atoms with Crippen LogP contribution in [0.1, 0.15) is 18.5 Å². The number of methoxy groups -OCH3 is 1. The van der Waals surface area contributed by atoms with Crippen molar-refractivity contribution in [2.45, 2.75) is 19.3 Å². The Hall–Kier alpha value is -2.15. The first kappa shape index (κ1) is 13.8. The average Bonchev–Trinajstić information content (AvgIpc) is 3.14. The van der Waals surface area contributed by atoms with E-state index >= 15 is 0 Å². The van der Waals surface area contributed by atoms with Crippen LogP contribution in [0.15, 0.2) is 23.8 Å². The van der Waals surface area contributed by atoms with Gasteiger partial charge in [-0.2, -0.15) is 5.10 Å². The van der Waals surface area contributed by atoms with Crippen LogP contribution in [0.5, 0.6) is 0 Å². The Morgan fingerprint density at radius 2 is 2.33 bits per heavy atom. The lowest BCUT2D eigenvalue weighted by atomic mass is 10.2. The molecule has 0 aromatic carbocycles. The van der Waals surface area contributed by atoms with Crippen LogP contribution in [-0.4, -0.2) is 32.2 Å². The van der Waals surface area contributed by atoms with E-state index in [4.69, 9.17) is 0 Å². The summed E-state index contributed by atoms with van der Waals surface area (Å²) in [4.78, 5) is 16.7. The third kappa shape index (κ3) is 2.69. The number of imidazole rings is 1. The van der Waals surface area contributed by atoms with Crippen molar-refractivity contribution in [3.05, 3.63) is 29.5 Å². The van der Waals surface area contributed by atoms with Crippen LogP contribution in [-0.2, 0) is 23.0 Å². The van der Waals surface area contributed by atoms with Crippen LogP contribution >= 0.6 is 11.3 Å². The van der Waals surface area contributed by atoms with Gasteiger partial charge in [-0.3, -0.25) is 13.9 Å². The zero-order valence-corrected chi connectivity index (χ0v) is 12.8. The number of rotatable bonds is 5. The summed E-state index contributed by atoms with van der Waals surface area (Å²) in [6.45, 7) is 0. The van der Waals surface area contributed by atoms with E-state index in [1.165, 1.54) is 12.8 Å². The lowest BCUT2D eigenvalue weighted by molar-refractivity contribution is -0.140. The van der Waals surface area contributed by atoms with Gasteiger partial charge in [-0.15, -0.1) is 11.3 Å². The molecule has 0 aliphatic heterocycles. The molecule has 0 saturated heterocycles. The largest absolute Gasteiger partial charge is 0.469 e. The number of aromatic nitrogens is 4. The molecule has 3 aromatic heterocycles. The highest BCUT2D eigenvalue weighted by Crippen LogP contribution is 2.23. The molecule has 0 bridgehead atoms. The number of hydrogen-bond donors (Lipinski definition) is 0. The molecule has 0 fully saturated rings. The molecule has 3 rings (SSSR count). The van der Waals surface area contributed by atoms with Gasteiger partial charge in [0.1, 0.15) is 5.69 Å². The molecule has 6 nitrogen and oxygen atoms in total. The molecule has 21 heavy (non-hydrogen) atoms. The zero-order valence-electron chi connectivity index (χ0n) is 11.9. The van der Waals surface area contributed by atoms with Crippen LogP contribution in [0.3, 0.4) is 0 Å². The van der Waals surface area contributed by atoms with E-state index in [-0.39, 0.29) is 5.97 Å². The van der Waals surface area contributed by atoms with E-state index in [0.29, 0.717) is 6.42 Å². The number of nitrogens with zero attached hydrogens (tertiary/aromatic N) is 4. The molecule has 3 heterocycles. The third-order valence-electron chi connectivity index (χ3n) is 3.41. The van der Waals surface area contributed by atoms with E-state index in [1.54, 1.807) is 17.5 Å². The fourth-order valence-corrected chi connectivity index (χ4v) is 3.18. The molecule has 0 saturated carbocycles. The lowest BCUT2D eigenvalue weighted by Crippen LogP contribution is -2.01. The Bertz CT molecular complexity index is 771. The first-order valence-corrected chi connectivity index (χ1v) is 7.57. The summed E-state index contributed by atoms with van der Waals surface area (Å²) < 4.78 is 8.55. The van der Waals surface area contributed by atoms with Crippen LogP contribution < -0.4 is 0 Å². The predicted octanol–water partition coefficient (Wildman–Crippen LogP) is 2.29. The predicted molar refractivity (Wildman–Crippen MR) is 80.2 cm³/mol. The van der Waals surface area contributed by atoms with Gasteiger partial charge in [-0.05, 0) is 18.9 Å². The van der Waals surface area contributed by atoms with Gasteiger partial charge >= 0.3 is 5.97 Å². The maximum Gasteiger partial charge on any atom is 0.305 e. The highest BCUT2D eigenvalue weighted by Gasteiger charge is 2.12. The van der Waals surface area contributed by atoms with Crippen molar-refractivity contribution in [3.63, 3.8) is 0 Å². The molecular formula is C14H16N4O2S. The van der Waals surface area contributed by atoms with Gasteiger partial charge in [0, 0.05) is 36.9 Å². The topological polar surface area (TPSA) is 61.4 Å². The molecule has 7 heteroatoms. The molecule has 0 atom stereocenters. The summed E-state index contributed by atoms with van der Waals surface area (Å²) in [5.74, 6) is -0.164. The Kier molecular flexibility index (Phi) is 3.74. The van der Waals surface area contributed by atoms with E-state index in [2.05, 4.69) is 24.6 Å². The van der Waals surface area contributed by atoms with E-state index in [0.717, 1.165) is 29.2 Å². The normalized spacial score (nSPS) is 11.1. The Morgan fingerprint density at radius 3 is 3.05 bits per heavy atom. The van der Waals surface area contributed by atoms with Gasteiger partial charge in [0.25, 0.3) is 0 Å². The van der Waals surface area contributed by atoms with Gasteiger partial charge in [0.15, 0.2) is 4.96 Å². The standard InChI is InChI=1S/C14H16N4O2S/c1-17-12(6-7-15-17)11-8-18-10(9-21-14(18)16-11)4-3-5-13(19)20-2/h6-9H,3-5H2,1-2H3. The number of fused-ring (bicyclic) bond motifs is 1. The van der Waals surface area contributed by atoms with Crippen molar-refractivity contribution in [2.75, 3.05) is 7.11 Å². The molecule has 0 unspecified atom stereocenters. The number of hydrogen-bond acceptors (Lipinski definition) is 5. The van der Waals surface area contributed by atoms with Crippen molar-refractivity contribution >= 4 is 22.3 Å². The molecule has 110 valence electrons. The maximum absolute atomic E-state index is 11.2. The van der Waals surface area contributed by atoms with Crippen molar-refractivity contribution in [3.8, 4) is 11.4 Å². The maximum atomic E-state index is 11.2. The number of carbonyl (C=O) groups is 1. The first-order chi connectivity index (χ1) is 10.2. The van der Waals surface area contributed by atoms with E-state index in [9.17, 15) is 4.79 Å². The highest BCUT2D eigenvalue weighted by molar-refractivity contribution is 7.15. The summed E-state index contributed by atoms with van der Waals surface area (Å²) in [6.07, 6.45) is 5.83. The number of thiazole rings is 1. The van der Waals surface area contributed by atoms with Crippen LogP contribution in [0.4, 0.5) is 0 Å². The minimum atomic E-state index is -0.164. The first-order valence-electron chi connectivity index (χ1n) is 6.69. The molecule has 0 N–H and O–H groups in total. The number of ether oxygens (including phenoxy) is 1. The number of esters is 1. The SMILES string of the molecule is COC(=O)CCCc1csc2nc(-c3ccnn3C)cn12. The average molecular weight is 304 g/mol. The second-order valence-corrected chi connectivity index (χ2v) is 5.61. The summed E-state index contributed by atoms with van der Waals surface area (Å²) >= 11 is 1.61.